The van der Waals surface area contributed by atoms with E-state index in [0.717, 1.165) is 25.9 Å². The quantitative estimate of drug-likeness (QED) is 0.806. The van der Waals surface area contributed by atoms with Gasteiger partial charge in [-0.05, 0) is 33.6 Å². The van der Waals surface area contributed by atoms with Gasteiger partial charge in [-0.3, -0.25) is 14.5 Å². The lowest BCUT2D eigenvalue weighted by atomic mass is 10.1. The fraction of sp³-hybridized carbons (Fsp3) is 0.867. The molecule has 2 rings (SSSR count). The molecule has 1 N–H and O–H groups in total. The van der Waals surface area contributed by atoms with E-state index in [2.05, 4.69) is 10.2 Å². The maximum atomic E-state index is 12.3. The number of nitrogens with one attached hydrogen (secondary N) is 1. The summed E-state index contributed by atoms with van der Waals surface area (Å²) < 4.78 is 5.46. The van der Waals surface area contributed by atoms with Crippen molar-refractivity contribution in [3.8, 4) is 0 Å². The molecular formula is C15H27N3O3. The molecule has 2 atom stereocenters. The molecule has 2 aliphatic heterocycles. The summed E-state index contributed by atoms with van der Waals surface area (Å²) in [7, 11) is 0. The largest absolute Gasteiger partial charge is 0.368 e. The van der Waals surface area contributed by atoms with Crippen molar-refractivity contribution in [3.05, 3.63) is 0 Å². The molecule has 21 heavy (non-hydrogen) atoms. The molecule has 2 aliphatic rings. The summed E-state index contributed by atoms with van der Waals surface area (Å²) in [4.78, 5) is 28.3. The number of carbonyl (C=O) groups excluding carboxylic acids is 2. The van der Waals surface area contributed by atoms with Gasteiger partial charge in [0, 0.05) is 38.8 Å². The second kappa shape index (κ2) is 7.22. The van der Waals surface area contributed by atoms with Crippen LogP contribution in [0.2, 0.25) is 0 Å². The lowest BCUT2D eigenvalue weighted by molar-refractivity contribution is -0.143. The second-order valence-corrected chi connectivity index (χ2v) is 6.20. The minimum absolute atomic E-state index is 0.0592. The summed E-state index contributed by atoms with van der Waals surface area (Å²) in [5.74, 6) is 0.176. The number of hydrogen-bond acceptors (Lipinski definition) is 4. The molecule has 0 radical (unpaired) electrons. The van der Waals surface area contributed by atoms with Crippen molar-refractivity contribution in [2.24, 2.45) is 0 Å². The molecule has 0 aromatic carbocycles. The molecule has 120 valence electrons. The molecule has 2 heterocycles. The molecule has 0 saturated carbocycles. The Morgan fingerprint density at radius 1 is 1.14 bits per heavy atom. The smallest absolute Gasteiger partial charge is 0.251 e. The number of ether oxygens (including phenoxy) is 1. The summed E-state index contributed by atoms with van der Waals surface area (Å²) in [6.45, 7) is 9.38. The zero-order valence-corrected chi connectivity index (χ0v) is 13.3. The Labute approximate surface area is 126 Å². The summed E-state index contributed by atoms with van der Waals surface area (Å²) in [5.41, 5.74) is 0. The Balaban J connectivity index is 1.79. The van der Waals surface area contributed by atoms with E-state index in [-0.39, 0.29) is 30.0 Å². The average molecular weight is 297 g/mol. The molecule has 0 spiro atoms. The molecule has 6 heteroatoms. The molecule has 0 aromatic rings. The van der Waals surface area contributed by atoms with Crippen LogP contribution in [0.15, 0.2) is 0 Å². The summed E-state index contributed by atoms with van der Waals surface area (Å²) in [5, 5.41) is 2.94. The van der Waals surface area contributed by atoms with Crippen molar-refractivity contribution in [2.45, 2.75) is 51.8 Å². The highest BCUT2D eigenvalue weighted by Gasteiger charge is 2.32. The standard InChI is InChI=1S/C15H27N3O3/c1-11(2)16-14(19)12(3)17-6-8-18(9-7-17)15(20)13-5-4-10-21-13/h11-13H,4-10H2,1-3H3,(H,16,19). The van der Waals surface area contributed by atoms with Crippen LogP contribution in [0.3, 0.4) is 0 Å². The van der Waals surface area contributed by atoms with E-state index >= 15 is 0 Å². The zero-order valence-electron chi connectivity index (χ0n) is 13.3. The summed E-state index contributed by atoms with van der Waals surface area (Å²) in [6, 6.07) is 0.00900. The highest BCUT2D eigenvalue weighted by molar-refractivity contribution is 5.82. The first kappa shape index (κ1) is 16.2. The van der Waals surface area contributed by atoms with Crippen LogP contribution in [0.4, 0.5) is 0 Å². The van der Waals surface area contributed by atoms with E-state index in [4.69, 9.17) is 4.74 Å². The number of hydrogen-bond donors (Lipinski definition) is 1. The van der Waals surface area contributed by atoms with E-state index in [0.29, 0.717) is 19.7 Å². The van der Waals surface area contributed by atoms with E-state index in [1.54, 1.807) is 0 Å². The van der Waals surface area contributed by atoms with E-state index < -0.39 is 0 Å². The van der Waals surface area contributed by atoms with Gasteiger partial charge in [0.1, 0.15) is 6.10 Å². The van der Waals surface area contributed by atoms with Crippen molar-refractivity contribution in [1.82, 2.24) is 15.1 Å². The molecule has 2 saturated heterocycles. The van der Waals surface area contributed by atoms with E-state index in [1.807, 2.05) is 25.7 Å². The highest BCUT2D eigenvalue weighted by Crippen LogP contribution is 2.16. The zero-order chi connectivity index (χ0) is 15.4. The molecule has 0 aliphatic carbocycles. The van der Waals surface area contributed by atoms with Crippen LogP contribution in [0.1, 0.15) is 33.6 Å². The molecule has 0 aromatic heterocycles. The van der Waals surface area contributed by atoms with Crippen LogP contribution in [-0.2, 0) is 14.3 Å². The number of carbonyl (C=O) groups is 2. The lowest BCUT2D eigenvalue weighted by Crippen LogP contribution is -2.56. The molecular weight excluding hydrogens is 270 g/mol. The van der Waals surface area contributed by atoms with Crippen molar-refractivity contribution >= 4 is 11.8 Å². The Hall–Kier alpha value is -1.14. The van der Waals surface area contributed by atoms with Gasteiger partial charge in [-0.15, -0.1) is 0 Å². The number of piperazine rings is 1. The Morgan fingerprint density at radius 3 is 2.33 bits per heavy atom. The van der Waals surface area contributed by atoms with Gasteiger partial charge in [-0.2, -0.15) is 0 Å². The van der Waals surface area contributed by atoms with Crippen LogP contribution >= 0.6 is 0 Å². The normalized spacial score (nSPS) is 25.1. The van der Waals surface area contributed by atoms with Crippen LogP contribution in [0.5, 0.6) is 0 Å². The van der Waals surface area contributed by atoms with Gasteiger partial charge in [0.25, 0.3) is 5.91 Å². The Kier molecular flexibility index (Phi) is 5.58. The summed E-state index contributed by atoms with van der Waals surface area (Å²) in [6.07, 6.45) is 1.58. The highest BCUT2D eigenvalue weighted by atomic mass is 16.5. The molecule has 6 nitrogen and oxygen atoms in total. The van der Waals surface area contributed by atoms with E-state index in [1.165, 1.54) is 0 Å². The van der Waals surface area contributed by atoms with Gasteiger partial charge in [0.2, 0.25) is 5.91 Å². The second-order valence-electron chi connectivity index (χ2n) is 6.20. The monoisotopic (exact) mass is 297 g/mol. The Bertz CT molecular complexity index is 372. The Morgan fingerprint density at radius 2 is 1.81 bits per heavy atom. The average Bonchev–Trinajstić information content (AvgIpc) is 2.99. The van der Waals surface area contributed by atoms with Crippen LogP contribution in [0.25, 0.3) is 0 Å². The van der Waals surface area contributed by atoms with Crippen molar-refractivity contribution < 1.29 is 14.3 Å². The van der Waals surface area contributed by atoms with Crippen molar-refractivity contribution in [2.75, 3.05) is 32.8 Å². The van der Waals surface area contributed by atoms with Crippen LogP contribution < -0.4 is 5.32 Å². The maximum Gasteiger partial charge on any atom is 0.251 e. The van der Waals surface area contributed by atoms with Crippen LogP contribution in [-0.4, -0.2) is 72.6 Å². The minimum atomic E-state index is -0.238. The van der Waals surface area contributed by atoms with Gasteiger partial charge in [0.05, 0.1) is 6.04 Å². The number of rotatable bonds is 4. The van der Waals surface area contributed by atoms with Gasteiger partial charge in [0.15, 0.2) is 0 Å². The van der Waals surface area contributed by atoms with Gasteiger partial charge >= 0.3 is 0 Å². The lowest BCUT2D eigenvalue weighted by Gasteiger charge is -2.38. The molecule has 0 bridgehead atoms. The van der Waals surface area contributed by atoms with Crippen molar-refractivity contribution in [3.63, 3.8) is 0 Å². The first-order valence-corrected chi connectivity index (χ1v) is 7.94. The maximum absolute atomic E-state index is 12.3. The minimum Gasteiger partial charge on any atom is -0.368 e. The predicted octanol–water partition coefficient (Wildman–Crippen LogP) is 0.223. The van der Waals surface area contributed by atoms with E-state index in [9.17, 15) is 9.59 Å². The third-order valence-corrected chi connectivity index (χ3v) is 4.19. The number of amides is 2. The third kappa shape index (κ3) is 4.17. The van der Waals surface area contributed by atoms with Gasteiger partial charge in [-0.25, -0.2) is 0 Å². The third-order valence-electron chi connectivity index (χ3n) is 4.19. The summed E-state index contributed by atoms with van der Waals surface area (Å²) >= 11 is 0. The molecule has 2 fully saturated rings. The van der Waals surface area contributed by atoms with Crippen molar-refractivity contribution in [1.29, 1.82) is 0 Å². The molecule has 2 unspecified atom stereocenters. The molecule has 2 amide bonds. The fourth-order valence-corrected chi connectivity index (χ4v) is 2.88. The number of nitrogens with zero attached hydrogens (tertiary/aromatic N) is 2. The SMILES string of the molecule is CC(C)NC(=O)C(C)N1CCN(C(=O)C2CCCO2)CC1. The van der Waals surface area contributed by atoms with Gasteiger partial charge < -0.3 is 15.0 Å². The van der Waals surface area contributed by atoms with Crippen LogP contribution in [0, 0.1) is 0 Å². The first-order chi connectivity index (χ1) is 9.99. The first-order valence-electron chi connectivity index (χ1n) is 7.94. The fourth-order valence-electron chi connectivity index (χ4n) is 2.88. The predicted molar refractivity (Wildman–Crippen MR) is 79.9 cm³/mol. The van der Waals surface area contributed by atoms with Gasteiger partial charge in [-0.1, -0.05) is 0 Å². The topological polar surface area (TPSA) is 61.9 Å².